The summed E-state index contributed by atoms with van der Waals surface area (Å²) in [5.41, 5.74) is 3.86. The molecular weight excluding hydrogens is 324 g/mol. The standard InChI is InChI=1S/C21H28N4O/c1-23(2)19-9-7-16(8-10-19)17-12-18(14-22-13-17)21(26)25-11-5-6-20(15-25)24(3)4/h7-10,12-14,20H,5-6,11,15H2,1-4H3/t20-/m1/s1. The first-order valence-electron chi connectivity index (χ1n) is 9.14. The summed E-state index contributed by atoms with van der Waals surface area (Å²) in [5.74, 6) is 0.0795. The Kier molecular flexibility index (Phi) is 5.57. The highest BCUT2D eigenvalue weighted by Crippen LogP contribution is 2.24. The average molecular weight is 352 g/mol. The van der Waals surface area contributed by atoms with Crippen LogP contribution in [0.4, 0.5) is 5.69 Å². The summed E-state index contributed by atoms with van der Waals surface area (Å²) in [6.45, 7) is 1.61. The Labute approximate surface area is 156 Å². The number of piperidine rings is 1. The first-order chi connectivity index (χ1) is 12.5. The van der Waals surface area contributed by atoms with Crippen molar-refractivity contribution < 1.29 is 4.79 Å². The van der Waals surface area contributed by atoms with E-state index in [2.05, 4.69) is 53.1 Å². The summed E-state index contributed by atoms with van der Waals surface area (Å²) in [6, 6.07) is 10.7. The fourth-order valence-electron chi connectivity index (χ4n) is 3.41. The molecule has 1 aliphatic heterocycles. The number of rotatable bonds is 4. The molecule has 0 spiro atoms. The Balaban J connectivity index is 1.79. The van der Waals surface area contributed by atoms with Crippen LogP contribution < -0.4 is 4.90 Å². The Morgan fingerprint density at radius 3 is 2.46 bits per heavy atom. The minimum absolute atomic E-state index is 0.0795. The quantitative estimate of drug-likeness (QED) is 0.848. The fraction of sp³-hybridized carbons (Fsp3) is 0.429. The van der Waals surface area contributed by atoms with E-state index >= 15 is 0 Å². The number of carbonyl (C=O) groups excluding carboxylic acids is 1. The van der Waals surface area contributed by atoms with Gasteiger partial charge in [0, 0.05) is 56.9 Å². The first-order valence-corrected chi connectivity index (χ1v) is 9.14. The number of anilines is 1. The second-order valence-corrected chi connectivity index (χ2v) is 7.41. The largest absolute Gasteiger partial charge is 0.378 e. The van der Waals surface area contributed by atoms with Crippen LogP contribution in [-0.2, 0) is 0 Å². The summed E-state index contributed by atoms with van der Waals surface area (Å²) >= 11 is 0. The number of pyridine rings is 1. The number of benzene rings is 1. The molecule has 1 fully saturated rings. The van der Waals surface area contributed by atoms with Gasteiger partial charge in [-0.1, -0.05) is 12.1 Å². The SMILES string of the molecule is CN(C)c1ccc(-c2cncc(C(=O)N3CCC[C@@H](N(C)C)C3)c2)cc1. The molecule has 2 aromatic rings. The zero-order chi connectivity index (χ0) is 18.7. The van der Waals surface area contributed by atoms with Crippen LogP contribution >= 0.6 is 0 Å². The number of likely N-dealkylation sites (tertiary alicyclic amines) is 1. The third-order valence-corrected chi connectivity index (χ3v) is 5.12. The Morgan fingerprint density at radius 2 is 1.81 bits per heavy atom. The van der Waals surface area contributed by atoms with Gasteiger partial charge < -0.3 is 14.7 Å². The molecular formula is C21H28N4O. The molecule has 0 unspecified atom stereocenters. The van der Waals surface area contributed by atoms with Crippen molar-refractivity contribution in [2.45, 2.75) is 18.9 Å². The smallest absolute Gasteiger partial charge is 0.255 e. The van der Waals surface area contributed by atoms with E-state index in [1.807, 2.05) is 31.3 Å². The van der Waals surface area contributed by atoms with Crippen LogP contribution in [0.3, 0.4) is 0 Å². The Hall–Kier alpha value is -2.40. The summed E-state index contributed by atoms with van der Waals surface area (Å²) in [7, 11) is 8.21. The zero-order valence-electron chi connectivity index (χ0n) is 16.1. The lowest BCUT2D eigenvalue weighted by Crippen LogP contribution is -2.47. The van der Waals surface area contributed by atoms with Gasteiger partial charge in [-0.15, -0.1) is 0 Å². The van der Waals surface area contributed by atoms with E-state index in [1.165, 1.54) is 0 Å². The van der Waals surface area contributed by atoms with Crippen LogP contribution in [-0.4, -0.2) is 68.0 Å². The van der Waals surface area contributed by atoms with E-state index in [1.54, 1.807) is 6.20 Å². The van der Waals surface area contributed by atoms with E-state index in [-0.39, 0.29) is 5.91 Å². The summed E-state index contributed by atoms with van der Waals surface area (Å²) in [4.78, 5) is 23.5. The third-order valence-electron chi connectivity index (χ3n) is 5.12. The minimum Gasteiger partial charge on any atom is -0.378 e. The minimum atomic E-state index is 0.0795. The molecule has 138 valence electrons. The summed E-state index contributed by atoms with van der Waals surface area (Å²) in [6.07, 6.45) is 5.70. The van der Waals surface area contributed by atoms with Gasteiger partial charge in [-0.25, -0.2) is 0 Å². The highest BCUT2D eigenvalue weighted by Gasteiger charge is 2.25. The molecule has 2 heterocycles. The van der Waals surface area contributed by atoms with E-state index in [0.717, 1.165) is 42.7 Å². The Bertz CT molecular complexity index is 755. The van der Waals surface area contributed by atoms with Crippen molar-refractivity contribution in [3.05, 3.63) is 48.3 Å². The molecule has 0 bridgehead atoms. The van der Waals surface area contributed by atoms with E-state index in [9.17, 15) is 4.79 Å². The average Bonchev–Trinajstić information content (AvgIpc) is 2.67. The van der Waals surface area contributed by atoms with Crippen molar-refractivity contribution in [2.75, 3.05) is 46.2 Å². The maximum absolute atomic E-state index is 13.0. The molecule has 1 aromatic heterocycles. The molecule has 1 aromatic carbocycles. The highest BCUT2D eigenvalue weighted by molar-refractivity contribution is 5.95. The number of likely N-dealkylation sites (N-methyl/N-ethyl adjacent to an activating group) is 1. The molecule has 3 rings (SSSR count). The van der Waals surface area contributed by atoms with Gasteiger partial charge in [0.05, 0.1) is 5.56 Å². The molecule has 0 aliphatic carbocycles. The predicted octanol–water partition coefficient (Wildman–Crippen LogP) is 2.98. The molecule has 0 saturated carbocycles. The van der Waals surface area contributed by atoms with Crippen LogP contribution in [0.2, 0.25) is 0 Å². The fourth-order valence-corrected chi connectivity index (χ4v) is 3.41. The zero-order valence-corrected chi connectivity index (χ0v) is 16.1. The molecule has 1 aliphatic rings. The van der Waals surface area contributed by atoms with Crippen molar-refractivity contribution >= 4 is 11.6 Å². The van der Waals surface area contributed by atoms with Gasteiger partial charge >= 0.3 is 0 Å². The lowest BCUT2D eigenvalue weighted by atomic mass is 10.0. The maximum Gasteiger partial charge on any atom is 0.255 e. The van der Waals surface area contributed by atoms with E-state index < -0.39 is 0 Å². The molecule has 5 nitrogen and oxygen atoms in total. The summed E-state index contributed by atoms with van der Waals surface area (Å²) < 4.78 is 0. The second-order valence-electron chi connectivity index (χ2n) is 7.41. The number of aromatic nitrogens is 1. The first kappa shape index (κ1) is 18.4. The van der Waals surface area contributed by atoms with Gasteiger partial charge in [0.15, 0.2) is 0 Å². The number of amides is 1. The number of carbonyl (C=O) groups is 1. The van der Waals surface area contributed by atoms with Gasteiger partial charge in [0.2, 0.25) is 0 Å². The van der Waals surface area contributed by atoms with Crippen molar-refractivity contribution in [1.82, 2.24) is 14.8 Å². The van der Waals surface area contributed by atoms with Crippen molar-refractivity contribution in [2.24, 2.45) is 0 Å². The third kappa shape index (κ3) is 4.05. The maximum atomic E-state index is 13.0. The van der Waals surface area contributed by atoms with Gasteiger partial charge in [-0.05, 0) is 50.7 Å². The molecule has 1 saturated heterocycles. The van der Waals surface area contributed by atoms with Gasteiger partial charge in [-0.2, -0.15) is 0 Å². The Morgan fingerprint density at radius 1 is 1.08 bits per heavy atom. The van der Waals surface area contributed by atoms with Crippen LogP contribution in [0.5, 0.6) is 0 Å². The number of hydrogen-bond acceptors (Lipinski definition) is 4. The van der Waals surface area contributed by atoms with Gasteiger partial charge in [0.25, 0.3) is 5.91 Å². The lowest BCUT2D eigenvalue weighted by molar-refractivity contribution is 0.0634. The molecule has 0 radical (unpaired) electrons. The lowest BCUT2D eigenvalue weighted by Gasteiger charge is -2.36. The van der Waals surface area contributed by atoms with Crippen molar-refractivity contribution in [1.29, 1.82) is 0 Å². The molecule has 26 heavy (non-hydrogen) atoms. The normalized spacial score (nSPS) is 17.4. The summed E-state index contributed by atoms with van der Waals surface area (Å²) in [5, 5.41) is 0. The van der Waals surface area contributed by atoms with E-state index in [4.69, 9.17) is 0 Å². The van der Waals surface area contributed by atoms with Gasteiger partial charge in [-0.3, -0.25) is 9.78 Å². The molecule has 5 heteroatoms. The highest BCUT2D eigenvalue weighted by atomic mass is 16.2. The van der Waals surface area contributed by atoms with Crippen molar-refractivity contribution in [3.63, 3.8) is 0 Å². The monoisotopic (exact) mass is 352 g/mol. The number of hydrogen-bond donors (Lipinski definition) is 0. The van der Waals surface area contributed by atoms with Crippen LogP contribution in [0.25, 0.3) is 11.1 Å². The van der Waals surface area contributed by atoms with Crippen LogP contribution in [0.1, 0.15) is 23.2 Å². The second kappa shape index (κ2) is 7.87. The molecule has 1 amide bonds. The van der Waals surface area contributed by atoms with Gasteiger partial charge in [0.1, 0.15) is 0 Å². The number of nitrogens with zero attached hydrogens (tertiary/aromatic N) is 4. The molecule has 0 N–H and O–H groups in total. The predicted molar refractivity (Wildman–Crippen MR) is 107 cm³/mol. The van der Waals surface area contributed by atoms with Crippen LogP contribution in [0.15, 0.2) is 42.7 Å². The molecule has 1 atom stereocenters. The van der Waals surface area contributed by atoms with Crippen LogP contribution in [0, 0.1) is 0 Å². The van der Waals surface area contributed by atoms with Crippen molar-refractivity contribution in [3.8, 4) is 11.1 Å². The van der Waals surface area contributed by atoms with E-state index in [0.29, 0.717) is 11.6 Å². The topological polar surface area (TPSA) is 39.7 Å².